The van der Waals surface area contributed by atoms with E-state index in [2.05, 4.69) is 16.7 Å². The summed E-state index contributed by atoms with van der Waals surface area (Å²) in [4.78, 5) is 11.9. The Morgan fingerprint density at radius 1 is 1.18 bits per heavy atom. The molecule has 0 unspecified atom stereocenters. The van der Waals surface area contributed by atoms with Crippen molar-refractivity contribution in [1.82, 2.24) is 5.32 Å². The number of carbonyl (C=O) groups is 1. The highest BCUT2D eigenvalue weighted by Gasteiger charge is 2.28. The van der Waals surface area contributed by atoms with Crippen molar-refractivity contribution in [2.45, 2.75) is 44.1 Å². The third-order valence-electron chi connectivity index (χ3n) is 4.12. The molecular formula is C17H23N3O2. The zero-order valence-electron chi connectivity index (χ0n) is 12.8. The highest BCUT2D eigenvalue weighted by Crippen LogP contribution is 2.26. The summed E-state index contributed by atoms with van der Waals surface area (Å²) in [5.74, 6) is -0.137. The molecule has 3 N–H and O–H groups in total. The van der Waals surface area contributed by atoms with E-state index < -0.39 is 5.60 Å². The summed E-state index contributed by atoms with van der Waals surface area (Å²) in [5, 5.41) is 25.0. The lowest BCUT2D eigenvalue weighted by atomic mass is 9.94. The van der Waals surface area contributed by atoms with Gasteiger partial charge in [0.1, 0.15) is 0 Å². The van der Waals surface area contributed by atoms with Gasteiger partial charge in [0.05, 0.1) is 23.8 Å². The molecule has 0 spiro atoms. The molecule has 1 aliphatic carbocycles. The number of aliphatic hydroxyl groups is 1. The van der Waals surface area contributed by atoms with E-state index in [0.717, 1.165) is 44.2 Å². The number of benzene rings is 1. The molecule has 0 radical (unpaired) electrons. The van der Waals surface area contributed by atoms with E-state index in [1.807, 2.05) is 0 Å². The number of hydrogen-bond donors (Lipinski definition) is 3. The first kappa shape index (κ1) is 16.3. The van der Waals surface area contributed by atoms with Crippen molar-refractivity contribution < 1.29 is 9.90 Å². The third kappa shape index (κ3) is 5.05. The second-order valence-electron chi connectivity index (χ2n) is 5.96. The molecule has 1 aliphatic rings. The van der Waals surface area contributed by atoms with Crippen LogP contribution in [0.5, 0.6) is 0 Å². The standard InChI is InChI=1S/C17H23N3O2/c18-11-14-5-7-15(8-6-14)19-12-16(21)20-13-17(22)9-3-1-2-4-10-17/h5-8,19,22H,1-4,9-10,12-13H2,(H,20,21). The molecule has 1 aromatic carbocycles. The molecule has 2 rings (SSSR count). The number of hydrogen-bond acceptors (Lipinski definition) is 4. The van der Waals surface area contributed by atoms with Gasteiger partial charge in [0.15, 0.2) is 0 Å². The summed E-state index contributed by atoms with van der Waals surface area (Å²) in [6, 6.07) is 8.99. The maximum atomic E-state index is 11.9. The monoisotopic (exact) mass is 301 g/mol. The molecule has 1 amide bonds. The zero-order valence-corrected chi connectivity index (χ0v) is 12.8. The van der Waals surface area contributed by atoms with Gasteiger partial charge in [0.2, 0.25) is 5.91 Å². The molecule has 0 bridgehead atoms. The Balaban J connectivity index is 1.74. The number of nitrogens with one attached hydrogen (secondary N) is 2. The summed E-state index contributed by atoms with van der Waals surface area (Å²) in [7, 11) is 0. The van der Waals surface area contributed by atoms with Crippen LogP contribution < -0.4 is 10.6 Å². The molecule has 5 nitrogen and oxygen atoms in total. The SMILES string of the molecule is N#Cc1ccc(NCC(=O)NCC2(O)CCCCCC2)cc1. The first-order chi connectivity index (χ1) is 10.6. The molecule has 0 saturated heterocycles. The average Bonchev–Trinajstić information content (AvgIpc) is 2.76. The van der Waals surface area contributed by atoms with Crippen LogP contribution in [0.1, 0.15) is 44.1 Å². The van der Waals surface area contributed by atoms with Gasteiger partial charge in [-0.25, -0.2) is 0 Å². The summed E-state index contributed by atoms with van der Waals surface area (Å²) >= 11 is 0. The smallest absolute Gasteiger partial charge is 0.239 e. The highest BCUT2D eigenvalue weighted by atomic mass is 16.3. The molecule has 1 saturated carbocycles. The van der Waals surface area contributed by atoms with Crippen LogP contribution in [0.3, 0.4) is 0 Å². The Morgan fingerprint density at radius 2 is 1.82 bits per heavy atom. The van der Waals surface area contributed by atoms with Gasteiger partial charge in [-0.1, -0.05) is 25.7 Å². The molecular weight excluding hydrogens is 278 g/mol. The molecule has 0 heterocycles. The maximum Gasteiger partial charge on any atom is 0.239 e. The zero-order chi connectivity index (χ0) is 15.8. The molecule has 118 valence electrons. The van der Waals surface area contributed by atoms with Crippen molar-refractivity contribution in [1.29, 1.82) is 5.26 Å². The molecule has 0 aliphatic heterocycles. The fourth-order valence-corrected chi connectivity index (χ4v) is 2.73. The second kappa shape index (κ2) is 7.81. The van der Waals surface area contributed by atoms with Crippen molar-refractivity contribution in [3.63, 3.8) is 0 Å². The number of nitrogens with zero attached hydrogens (tertiary/aromatic N) is 1. The van der Waals surface area contributed by atoms with Gasteiger partial charge in [0, 0.05) is 12.2 Å². The van der Waals surface area contributed by atoms with Crippen molar-refractivity contribution >= 4 is 11.6 Å². The number of rotatable bonds is 5. The third-order valence-corrected chi connectivity index (χ3v) is 4.12. The molecule has 1 aromatic rings. The predicted molar refractivity (Wildman–Crippen MR) is 85.3 cm³/mol. The van der Waals surface area contributed by atoms with E-state index in [9.17, 15) is 9.90 Å². The Bertz CT molecular complexity index is 526. The lowest BCUT2D eigenvalue weighted by Crippen LogP contribution is -2.44. The van der Waals surface area contributed by atoms with E-state index in [1.165, 1.54) is 0 Å². The predicted octanol–water partition coefficient (Wildman–Crippen LogP) is 2.17. The van der Waals surface area contributed by atoms with Crippen LogP contribution in [0, 0.1) is 11.3 Å². The average molecular weight is 301 g/mol. The normalized spacial score (nSPS) is 17.1. The van der Waals surface area contributed by atoms with Gasteiger partial charge in [-0.2, -0.15) is 5.26 Å². The Hall–Kier alpha value is -2.06. The first-order valence-corrected chi connectivity index (χ1v) is 7.84. The van der Waals surface area contributed by atoms with Gasteiger partial charge in [-0.3, -0.25) is 4.79 Å². The largest absolute Gasteiger partial charge is 0.388 e. The lowest BCUT2D eigenvalue weighted by molar-refractivity contribution is -0.120. The molecule has 1 fully saturated rings. The summed E-state index contributed by atoms with van der Waals surface area (Å²) in [6.07, 6.45) is 5.89. The topological polar surface area (TPSA) is 85.2 Å². The number of anilines is 1. The van der Waals surface area contributed by atoms with E-state index in [1.54, 1.807) is 24.3 Å². The maximum absolute atomic E-state index is 11.9. The van der Waals surface area contributed by atoms with Crippen LogP contribution >= 0.6 is 0 Å². The van der Waals surface area contributed by atoms with E-state index in [-0.39, 0.29) is 12.5 Å². The van der Waals surface area contributed by atoms with E-state index in [4.69, 9.17) is 5.26 Å². The molecule has 5 heteroatoms. The van der Waals surface area contributed by atoms with Crippen molar-refractivity contribution in [3.05, 3.63) is 29.8 Å². The fraction of sp³-hybridized carbons (Fsp3) is 0.529. The summed E-state index contributed by atoms with van der Waals surface area (Å²) < 4.78 is 0. The van der Waals surface area contributed by atoms with Crippen LogP contribution in [0.2, 0.25) is 0 Å². The van der Waals surface area contributed by atoms with Gasteiger partial charge >= 0.3 is 0 Å². The minimum Gasteiger partial charge on any atom is -0.388 e. The van der Waals surface area contributed by atoms with E-state index >= 15 is 0 Å². The summed E-state index contributed by atoms with van der Waals surface area (Å²) in [5.41, 5.74) is 0.633. The highest BCUT2D eigenvalue weighted by molar-refractivity contribution is 5.80. The van der Waals surface area contributed by atoms with Crippen LogP contribution in [0.4, 0.5) is 5.69 Å². The minimum atomic E-state index is -0.749. The molecule has 22 heavy (non-hydrogen) atoms. The van der Waals surface area contributed by atoms with Crippen molar-refractivity contribution in [3.8, 4) is 6.07 Å². The Labute approximate surface area is 131 Å². The quantitative estimate of drug-likeness (QED) is 0.728. The Kier molecular flexibility index (Phi) is 5.79. The lowest BCUT2D eigenvalue weighted by Gasteiger charge is -2.26. The molecule has 0 atom stereocenters. The van der Waals surface area contributed by atoms with Crippen LogP contribution in [0.15, 0.2) is 24.3 Å². The summed E-state index contributed by atoms with van der Waals surface area (Å²) in [6.45, 7) is 0.475. The number of carbonyl (C=O) groups excluding carboxylic acids is 1. The minimum absolute atomic E-state index is 0.137. The number of amides is 1. The Morgan fingerprint density at radius 3 is 2.41 bits per heavy atom. The van der Waals surface area contributed by atoms with Crippen LogP contribution in [0.25, 0.3) is 0 Å². The fourth-order valence-electron chi connectivity index (χ4n) is 2.73. The van der Waals surface area contributed by atoms with Gasteiger partial charge in [0.25, 0.3) is 0 Å². The second-order valence-corrected chi connectivity index (χ2v) is 5.96. The van der Waals surface area contributed by atoms with Crippen LogP contribution in [-0.2, 0) is 4.79 Å². The number of nitriles is 1. The molecule has 0 aromatic heterocycles. The van der Waals surface area contributed by atoms with Crippen molar-refractivity contribution in [2.75, 3.05) is 18.4 Å². The van der Waals surface area contributed by atoms with Crippen LogP contribution in [-0.4, -0.2) is 29.7 Å². The van der Waals surface area contributed by atoms with Gasteiger partial charge in [-0.15, -0.1) is 0 Å². The van der Waals surface area contributed by atoms with Crippen molar-refractivity contribution in [2.24, 2.45) is 0 Å². The van der Waals surface area contributed by atoms with Gasteiger partial charge in [-0.05, 0) is 37.1 Å². The van der Waals surface area contributed by atoms with Gasteiger partial charge < -0.3 is 15.7 Å². The first-order valence-electron chi connectivity index (χ1n) is 7.84. The van der Waals surface area contributed by atoms with E-state index in [0.29, 0.717) is 12.1 Å².